The molecule has 90 valence electrons. The van der Waals surface area contributed by atoms with E-state index in [0.29, 0.717) is 27.4 Å². The number of amides is 1. The van der Waals surface area contributed by atoms with Crippen LogP contribution in [0.4, 0.5) is 0 Å². The largest absolute Gasteiger partial charge is 0.465 e. The lowest BCUT2D eigenvalue weighted by molar-refractivity contribution is -0.122. The van der Waals surface area contributed by atoms with Crippen LogP contribution in [0.25, 0.3) is 6.08 Å². The van der Waals surface area contributed by atoms with Gasteiger partial charge < -0.3 is 4.42 Å². The number of furan rings is 1. The zero-order valence-electron chi connectivity index (χ0n) is 9.67. The first-order valence-electron chi connectivity index (χ1n) is 5.37. The van der Waals surface area contributed by atoms with Gasteiger partial charge in [-0.15, -0.1) is 0 Å². The summed E-state index contributed by atoms with van der Waals surface area (Å²) in [6, 6.07) is 3.61. The van der Waals surface area contributed by atoms with Crippen molar-refractivity contribution in [2.24, 2.45) is 5.92 Å². The predicted octanol–water partition coefficient (Wildman–Crippen LogP) is 3.14. The van der Waals surface area contributed by atoms with Crippen LogP contribution in [0.1, 0.15) is 19.6 Å². The third-order valence-corrected chi connectivity index (χ3v) is 3.62. The molecule has 1 aliphatic rings. The monoisotopic (exact) mass is 267 g/mol. The molecule has 2 heterocycles. The van der Waals surface area contributed by atoms with Crippen molar-refractivity contribution >= 4 is 40.3 Å². The average Bonchev–Trinajstić information content (AvgIpc) is 2.83. The lowest BCUT2D eigenvalue weighted by atomic mass is 10.2. The summed E-state index contributed by atoms with van der Waals surface area (Å²) in [7, 11) is 0. The molecule has 1 aromatic rings. The first-order chi connectivity index (χ1) is 8.08. The average molecular weight is 267 g/mol. The molecular weight excluding hydrogens is 254 g/mol. The molecule has 0 saturated carbocycles. The number of nitrogens with zero attached hydrogens (tertiary/aromatic N) is 1. The van der Waals surface area contributed by atoms with Gasteiger partial charge in [0.2, 0.25) is 0 Å². The number of hydrogen-bond donors (Lipinski definition) is 0. The third kappa shape index (κ3) is 2.79. The molecule has 0 N–H and O–H groups in total. The smallest absolute Gasteiger partial charge is 0.266 e. The highest BCUT2D eigenvalue weighted by Gasteiger charge is 2.32. The number of hydrogen-bond acceptors (Lipinski definition) is 4. The van der Waals surface area contributed by atoms with Crippen LogP contribution in [-0.4, -0.2) is 21.7 Å². The van der Waals surface area contributed by atoms with Crippen LogP contribution >= 0.6 is 24.0 Å². The van der Waals surface area contributed by atoms with Crippen molar-refractivity contribution in [3.05, 3.63) is 29.1 Å². The van der Waals surface area contributed by atoms with Gasteiger partial charge in [0.25, 0.3) is 5.91 Å². The van der Waals surface area contributed by atoms with Gasteiger partial charge in [0.1, 0.15) is 10.1 Å². The van der Waals surface area contributed by atoms with E-state index in [1.54, 1.807) is 23.3 Å². The van der Waals surface area contributed by atoms with Gasteiger partial charge in [-0.2, -0.15) is 0 Å². The zero-order valence-corrected chi connectivity index (χ0v) is 11.3. The predicted molar refractivity (Wildman–Crippen MR) is 73.4 cm³/mol. The maximum absolute atomic E-state index is 12.1. The van der Waals surface area contributed by atoms with E-state index in [0.717, 1.165) is 0 Å². The summed E-state index contributed by atoms with van der Waals surface area (Å²) in [6.07, 6.45) is 3.32. The van der Waals surface area contributed by atoms with Crippen molar-refractivity contribution in [3.8, 4) is 0 Å². The Balaban J connectivity index is 2.18. The minimum Gasteiger partial charge on any atom is -0.465 e. The SMILES string of the molecule is CC(C)CN1C(=O)/C(=C\c2ccco2)SC1=S. The Kier molecular flexibility index (Phi) is 3.69. The normalized spacial score (nSPS) is 18.8. The fourth-order valence-corrected chi connectivity index (χ4v) is 2.78. The topological polar surface area (TPSA) is 33.5 Å². The van der Waals surface area contributed by atoms with E-state index in [1.807, 2.05) is 6.07 Å². The molecule has 5 heteroatoms. The van der Waals surface area contributed by atoms with Crippen molar-refractivity contribution in [1.82, 2.24) is 4.90 Å². The molecule has 1 aromatic heterocycles. The Morgan fingerprint density at radius 3 is 2.94 bits per heavy atom. The molecule has 0 spiro atoms. The van der Waals surface area contributed by atoms with Crippen LogP contribution in [0.5, 0.6) is 0 Å². The number of carbonyl (C=O) groups is 1. The quantitative estimate of drug-likeness (QED) is 0.622. The van der Waals surface area contributed by atoms with Gasteiger partial charge in [0.05, 0.1) is 11.2 Å². The van der Waals surface area contributed by atoms with Gasteiger partial charge in [0.15, 0.2) is 0 Å². The molecule has 0 radical (unpaired) electrons. The fraction of sp³-hybridized carbons (Fsp3) is 0.333. The Hall–Kier alpha value is -1.07. The van der Waals surface area contributed by atoms with E-state index < -0.39 is 0 Å². The summed E-state index contributed by atoms with van der Waals surface area (Å²) in [6.45, 7) is 4.80. The van der Waals surface area contributed by atoms with E-state index in [-0.39, 0.29) is 5.91 Å². The molecular formula is C12H13NO2S2. The molecule has 0 bridgehead atoms. The number of thioether (sulfide) groups is 1. The van der Waals surface area contributed by atoms with Crippen molar-refractivity contribution in [2.75, 3.05) is 6.54 Å². The first-order valence-corrected chi connectivity index (χ1v) is 6.59. The minimum atomic E-state index is -0.0231. The van der Waals surface area contributed by atoms with Crippen molar-refractivity contribution < 1.29 is 9.21 Å². The van der Waals surface area contributed by atoms with E-state index in [1.165, 1.54) is 11.8 Å². The molecule has 0 atom stereocenters. The summed E-state index contributed by atoms with van der Waals surface area (Å²) in [5.41, 5.74) is 0. The van der Waals surface area contributed by atoms with Crippen LogP contribution in [0.2, 0.25) is 0 Å². The molecule has 1 aliphatic heterocycles. The summed E-state index contributed by atoms with van der Waals surface area (Å²) in [5.74, 6) is 1.06. The highest BCUT2D eigenvalue weighted by atomic mass is 32.2. The Labute approximate surface area is 110 Å². The third-order valence-electron chi connectivity index (χ3n) is 2.24. The van der Waals surface area contributed by atoms with Gasteiger partial charge in [-0.25, -0.2) is 0 Å². The maximum Gasteiger partial charge on any atom is 0.266 e. The Morgan fingerprint density at radius 1 is 1.59 bits per heavy atom. The second kappa shape index (κ2) is 5.06. The van der Waals surface area contributed by atoms with Crippen molar-refractivity contribution in [3.63, 3.8) is 0 Å². The number of rotatable bonds is 3. The fourth-order valence-electron chi connectivity index (χ4n) is 1.53. The van der Waals surface area contributed by atoms with Crippen LogP contribution < -0.4 is 0 Å². The van der Waals surface area contributed by atoms with Crippen LogP contribution in [0.15, 0.2) is 27.7 Å². The van der Waals surface area contributed by atoms with Gasteiger partial charge >= 0.3 is 0 Å². The van der Waals surface area contributed by atoms with Crippen molar-refractivity contribution in [1.29, 1.82) is 0 Å². The maximum atomic E-state index is 12.1. The molecule has 3 nitrogen and oxygen atoms in total. The lowest BCUT2D eigenvalue weighted by Crippen LogP contribution is -2.31. The molecule has 0 unspecified atom stereocenters. The van der Waals surface area contributed by atoms with E-state index in [4.69, 9.17) is 16.6 Å². The highest BCUT2D eigenvalue weighted by Crippen LogP contribution is 2.32. The molecule has 0 aliphatic carbocycles. The summed E-state index contributed by atoms with van der Waals surface area (Å²) in [5, 5.41) is 0. The summed E-state index contributed by atoms with van der Waals surface area (Å²) in [4.78, 5) is 14.4. The Morgan fingerprint density at radius 2 is 2.35 bits per heavy atom. The number of carbonyl (C=O) groups excluding carboxylic acids is 1. The van der Waals surface area contributed by atoms with E-state index in [2.05, 4.69) is 13.8 Å². The molecule has 0 aromatic carbocycles. The molecule has 2 rings (SSSR count). The molecule has 1 amide bonds. The standard InChI is InChI=1S/C12H13NO2S2/c1-8(2)7-13-11(14)10(17-12(13)16)6-9-4-3-5-15-9/h3-6,8H,7H2,1-2H3/b10-6+. The number of thiocarbonyl (C=S) groups is 1. The molecule has 1 saturated heterocycles. The second-order valence-corrected chi connectivity index (χ2v) is 5.88. The Bertz CT molecular complexity index is 463. The van der Waals surface area contributed by atoms with Gasteiger partial charge in [-0.3, -0.25) is 9.69 Å². The summed E-state index contributed by atoms with van der Waals surface area (Å²) < 4.78 is 5.82. The van der Waals surface area contributed by atoms with Crippen molar-refractivity contribution in [2.45, 2.75) is 13.8 Å². The van der Waals surface area contributed by atoms with E-state index >= 15 is 0 Å². The zero-order chi connectivity index (χ0) is 12.4. The minimum absolute atomic E-state index is 0.0231. The molecule has 1 fully saturated rings. The van der Waals surface area contributed by atoms with Gasteiger partial charge in [-0.05, 0) is 18.1 Å². The van der Waals surface area contributed by atoms with Gasteiger partial charge in [0, 0.05) is 12.6 Å². The molecule has 17 heavy (non-hydrogen) atoms. The second-order valence-electron chi connectivity index (χ2n) is 4.20. The van der Waals surface area contributed by atoms with Crippen LogP contribution in [0, 0.1) is 5.92 Å². The van der Waals surface area contributed by atoms with Gasteiger partial charge in [-0.1, -0.05) is 37.8 Å². The highest BCUT2D eigenvalue weighted by molar-refractivity contribution is 8.26. The van der Waals surface area contributed by atoms with E-state index in [9.17, 15) is 4.79 Å². The van der Waals surface area contributed by atoms with Crippen LogP contribution in [0.3, 0.4) is 0 Å². The lowest BCUT2D eigenvalue weighted by Gasteiger charge is -2.16. The summed E-state index contributed by atoms with van der Waals surface area (Å²) >= 11 is 6.54. The first kappa shape index (κ1) is 12.4. The van der Waals surface area contributed by atoms with Crippen LogP contribution in [-0.2, 0) is 4.79 Å².